The highest BCUT2D eigenvalue weighted by Crippen LogP contribution is 2.20. The molecule has 7 heteroatoms. The van der Waals surface area contributed by atoms with Crippen LogP contribution in [0.3, 0.4) is 0 Å². The highest BCUT2D eigenvalue weighted by molar-refractivity contribution is 5.89. The first-order valence-electron chi connectivity index (χ1n) is 7.09. The normalized spacial score (nSPS) is 26.0. The van der Waals surface area contributed by atoms with Gasteiger partial charge in [-0.2, -0.15) is 0 Å². The first-order chi connectivity index (χ1) is 10.4. The Kier molecular flexibility index (Phi) is 5.12. The third-order valence-corrected chi connectivity index (χ3v) is 3.85. The second-order valence-corrected chi connectivity index (χ2v) is 5.44. The SMILES string of the molecule is NC(=O)C1[C@@H](O)[C@@H](O)CN1C(=O)[C@H](O)CCc1ccccc1. The molecule has 0 aromatic heterocycles. The van der Waals surface area contributed by atoms with Crippen molar-refractivity contribution >= 4 is 11.8 Å². The van der Waals surface area contributed by atoms with E-state index < -0.39 is 36.2 Å². The maximum absolute atomic E-state index is 12.2. The maximum atomic E-state index is 12.2. The van der Waals surface area contributed by atoms with Crippen molar-refractivity contribution in [3.8, 4) is 0 Å². The van der Waals surface area contributed by atoms with Gasteiger partial charge in [-0.05, 0) is 18.4 Å². The number of aliphatic hydroxyl groups is 3. The number of nitrogens with zero attached hydrogens (tertiary/aromatic N) is 1. The first-order valence-corrected chi connectivity index (χ1v) is 7.09. The summed E-state index contributed by atoms with van der Waals surface area (Å²) in [5, 5.41) is 29.3. The van der Waals surface area contributed by atoms with Crippen LogP contribution in [0.1, 0.15) is 12.0 Å². The average molecular weight is 308 g/mol. The van der Waals surface area contributed by atoms with Gasteiger partial charge < -0.3 is 26.0 Å². The van der Waals surface area contributed by atoms with E-state index in [2.05, 4.69) is 0 Å². The van der Waals surface area contributed by atoms with E-state index in [0.29, 0.717) is 6.42 Å². The molecule has 1 aromatic carbocycles. The number of carbonyl (C=O) groups is 2. The zero-order valence-corrected chi connectivity index (χ0v) is 12.0. The number of primary amides is 1. The van der Waals surface area contributed by atoms with E-state index in [1.54, 1.807) is 0 Å². The largest absolute Gasteiger partial charge is 0.388 e. The highest BCUT2D eigenvalue weighted by atomic mass is 16.3. The summed E-state index contributed by atoms with van der Waals surface area (Å²) in [6.07, 6.45) is -3.32. The molecule has 0 aliphatic carbocycles. The van der Waals surface area contributed by atoms with Gasteiger partial charge in [0.15, 0.2) is 0 Å². The number of hydrogen-bond donors (Lipinski definition) is 4. The Bertz CT molecular complexity index is 536. The summed E-state index contributed by atoms with van der Waals surface area (Å²) in [5.74, 6) is -1.62. The van der Waals surface area contributed by atoms with E-state index in [4.69, 9.17) is 5.73 Å². The van der Waals surface area contributed by atoms with Crippen molar-refractivity contribution in [2.24, 2.45) is 5.73 Å². The summed E-state index contributed by atoms with van der Waals surface area (Å²) in [6, 6.07) is 8.04. The van der Waals surface area contributed by atoms with Crippen LogP contribution in [0, 0.1) is 0 Å². The van der Waals surface area contributed by atoms with E-state index in [1.807, 2.05) is 30.3 Å². The fourth-order valence-electron chi connectivity index (χ4n) is 2.63. The molecule has 1 saturated heterocycles. The standard InChI is InChI=1S/C15H20N2O5/c16-14(21)12-13(20)11(19)8-17(12)15(22)10(18)7-6-9-4-2-1-3-5-9/h1-5,10-13,18-20H,6-8H2,(H2,16,21)/t10-,11+,12?,13+/m1/s1. The van der Waals surface area contributed by atoms with Crippen molar-refractivity contribution in [3.63, 3.8) is 0 Å². The number of aliphatic hydroxyl groups excluding tert-OH is 3. The summed E-state index contributed by atoms with van der Waals surface area (Å²) in [6.45, 7) is -0.226. The van der Waals surface area contributed by atoms with E-state index in [-0.39, 0.29) is 13.0 Å². The van der Waals surface area contributed by atoms with E-state index in [9.17, 15) is 24.9 Å². The Labute approximate surface area is 128 Å². The van der Waals surface area contributed by atoms with Crippen molar-refractivity contribution < 1.29 is 24.9 Å². The van der Waals surface area contributed by atoms with Gasteiger partial charge in [-0.3, -0.25) is 9.59 Å². The van der Waals surface area contributed by atoms with E-state index in [0.717, 1.165) is 10.5 Å². The molecule has 0 saturated carbocycles. The zero-order chi connectivity index (χ0) is 16.3. The van der Waals surface area contributed by atoms with Crippen LogP contribution in [0.5, 0.6) is 0 Å². The molecule has 2 amide bonds. The molecule has 1 aromatic rings. The van der Waals surface area contributed by atoms with Gasteiger partial charge in [-0.1, -0.05) is 30.3 Å². The molecule has 120 valence electrons. The summed E-state index contributed by atoms with van der Waals surface area (Å²) < 4.78 is 0. The molecule has 7 nitrogen and oxygen atoms in total. The number of carbonyl (C=O) groups excluding carboxylic acids is 2. The van der Waals surface area contributed by atoms with Crippen LogP contribution in [0.2, 0.25) is 0 Å². The number of aryl methyl sites for hydroxylation is 1. The molecule has 1 fully saturated rings. The summed E-state index contributed by atoms with van der Waals surface area (Å²) in [5.41, 5.74) is 6.13. The lowest BCUT2D eigenvalue weighted by atomic mass is 10.1. The molecule has 2 rings (SSSR count). The van der Waals surface area contributed by atoms with Crippen molar-refractivity contribution in [1.82, 2.24) is 4.90 Å². The quantitative estimate of drug-likeness (QED) is 0.521. The van der Waals surface area contributed by atoms with Crippen molar-refractivity contribution in [3.05, 3.63) is 35.9 Å². The number of rotatable bonds is 5. The smallest absolute Gasteiger partial charge is 0.252 e. The minimum absolute atomic E-state index is 0.178. The van der Waals surface area contributed by atoms with E-state index in [1.165, 1.54) is 0 Å². The molecular formula is C15H20N2O5. The molecule has 1 unspecified atom stereocenters. The van der Waals surface area contributed by atoms with Gasteiger partial charge in [0.25, 0.3) is 5.91 Å². The molecule has 1 aliphatic heterocycles. The average Bonchev–Trinajstić information content (AvgIpc) is 2.80. The molecule has 0 radical (unpaired) electrons. The Morgan fingerprint density at radius 2 is 1.91 bits per heavy atom. The van der Waals surface area contributed by atoms with Gasteiger partial charge >= 0.3 is 0 Å². The fourth-order valence-corrected chi connectivity index (χ4v) is 2.63. The number of likely N-dealkylation sites (tertiary alicyclic amines) is 1. The monoisotopic (exact) mass is 308 g/mol. The molecule has 0 spiro atoms. The van der Waals surface area contributed by atoms with Crippen molar-refractivity contribution in [2.75, 3.05) is 6.54 Å². The molecular weight excluding hydrogens is 288 g/mol. The van der Waals surface area contributed by atoms with Crippen LogP contribution in [-0.2, 0) is 16.0 Å². The lowest BCUT2D eigenvalue weighted by Gasteiger charge is -2.25. The number of nitrogens with two attached hydrogens (primary N) is 1. The third kappa shape index (κ3) is 3.44. The van der Waals surface area contributed by atoms with E-state index >= 15 is 0 Å². The number of benzene rings is 1. The van der Waals surface area contributed by atoms with Crippen LogP contribution in [0.15, 0.2) is 30.3 Å². The fraction of sp³-hybridized carbons (Fsp3) is 0.467. The second kappa shape index (κ2) is 6.87. The van der Waals surface area contributed by atoms with Gasteiger partial charge in [0.2, 0.25) is 5.91 Å². The third-order valence-electron chi connectivity index (χ3n) is 3.85. The predicted octanol–water partition coefficient (Wildman–Crippen LogP) is -1.60. The summed E-state index contributed by atoms with van der Waals surface area (Å²) in [7, 11) is 0. The predicted molar refractivity (Wildman–Crippen MR) is 77.5 cm³/mol. The van der Waals surface area contributed by atoms with Crippen molar-refractivity contribution in [1.29, 1.82) is 0 Å². The highest BCUT2D eigenvalue weighted by Gasteiger charge is 2.46. The van der Waals surface area contributed by atoms with Gasteiger partial charge in [0, 0.05) is 0 Å². The van der Waals surface area contributed by atoms with Crippen molar-refractivity contribution in [2.45, 2.75) is 37.2 Å². The van der Waals surface area contributed by atoms with Crippen LogP contribution >= 0.6 is 0 Å². The minimum atomic E-state index is -1.43. The van der Waals surface area contributed by atoms with Gasteiger partial charge in [0.1, 0.15) is 18.2 Å². The molecule has 4 atom stereocenters. The zero-order valence-electron chi connectivity index (χ0n) is 12.0. The van der Waals surface area contributed by atoms with Crippen LogP contribution in [0.4, 0.5) is 0 Å². The van der Waals surface area contributed by atoms with Crippen LogP contribution in [-0.4, -0.2) is 62.9 Å². The second-order valence-electron chi connectivity index (χ2n) is 5.44. The van der Waals surface area contributed by atoms with Gasteiger partial charge in [0.05, 0.1) is 12.6 Å². The van der Waals surface area contributed by atoms with Crippen LogP contribution < -0.4 is 5.73 Å². The molecule has 1 heterocycles. The molecule has 22 heavy (non-hydrogen) atoms. The van der Waals surface area contributed by atoms with Crippen LogP contribution in [0.25, 0.3) is 0 Å². The lowest BCUT2D eigenvalue weighted by molar-refractivity contribution is -0.146. The Morgan fingerprint density at radius 3 is 2.50 bits per heavy atom. The molecule has 0 bridgehead atoms. The first kappa shape index (κ1) is 16.4. The number of hydrogen-bond acceptors (Lipinski definition) is 5. The number of amides is 2. The summed E-state index contributed by atoms with van der Waals surface area (Å²) in [4.78, 5) is 24.5. The lowest BCUT2D eigenvalue weighted by Crippen LogP contribution is -2.51. The van der Waals surface area contributed by atoms with Gasteiger partial charge in [-0.25, -0.2) is 0 Å². The molecule has 5 N–H and O–H groups in total. The topological polar surface area (TPSA) is 124 Å². The maximum Gasteiger partial charge on any atom is 0.252 e. The van der Waals surface area contributed by atoms with Gasteiger partial charge in [-0.15, -0.1) is 0 Å². The molecule has 1 aliphatic rings. The number of β-amino-alcohol motifs (C(OH)–C–C–N with tert-alkyl or cyclic N) is 1. The Morgan fingerprint density at radius 1 is 1.27 bits per heavy atom. The Hall–Kier alpha value is -1.96. The summed E-state index contributed by atoms with van der Waals surface area (Å²) >= 11 is 0. The minimum Gasteiger partial charge on any atom is -0.388 e. The Balaban J connectivity index is 1.99.